The second-order valence-electron chi connectivity index (χ2n) is 5.80. The highest BCUT2D eigenvalue weighted by Crippen LogP contribution is 2.19. The van der Waals surface area contributed by atoms with E-state index in [-0.39, 0.29) is 6.09 Å². The van der Waals surface area contributed by atoms with E-state index in [1.54, 1.807) is 11.9 Å². The van der Waals surface area contributed by atoms with Crippen molar-refractivity contribution >= 4 is 6.09 Å². The van der Waals surface area contributed by atoms with Crippen molar-refractivity contribution in [3.8, 4) is 0 Å². The predicted molar refractivity (Wildman–Crippen MR) is 84.1 cm³/mol. The van der Waals surface area contributed by atoms with Crippen LogP contribution in [0.15, 0.2) is 30.3 Å². The van der Waals surface area contributed by atoms with Crippen LogP contribution in [0.3, 0.4) is 0 Å². The number of hydrogen-bond donors (Lipinski definition) is 0. The summed E-state index contributed by atoms with van der Waals surface area (Å²) in [6, 6.07) is 10.6. The molecule has 1 aromatic carbocycles. The van der Waals surface area contributed by atoms with Crippen molar-refractivity contribution in [2.24, 2.45) is 5.92 Å². The van der Waals surface area contributed by atoms with Gasteiger partial charge in [0.15, 0.2) is 0 Å². The molecule has 0 aliphatic carbocycles. The lowest BCUT2D eigenvalue weighted by atomic mass is 9.97. The van der Waals surface area contributed by atoms with E-state index in [0.717, 1.165) is 32.5 Å². The zero-order valence-corrected chi connectivity index (χ0v) is 13.1. The number of nitrogens with zero attached hydrogens (tertiary/aromatic N) is 2. The van der Waals surface area contributed by atoms with E-state index in [0.29, 0.717) is 19.1 Å². The fourth-order valence-electron chi connectivity index (χ4n) is 2.58. The van der Waals surface area contributed by atoms with Crippen LogP contribution in [0.4, 0.5) is 4.79 Å². The average molecular weight is 290 g/mol. The minimum Gasteiger partial charge on any atom is -0.449 e. The summed E-state index contributed by atoms with van der Waals surface area (Å²) in [5.41, 5.74) is 1.37. The van der Waals surface area contributed by atoms with Crippen LogP contribution in [0.2, 0.25) is 0 Å². The zero-order chi connectivity index (χ0) is 15.1. The lowest BCUT2D eigenvalue weighted by Crippen LogP contribution is -2.36. The van der Waals surface area contributed by atoms with Crippen LogP contribution >= 0.6 is 0 Å². The molecule has 4 heteroatoms. The molecule has 0 atom stereocenters. The molecule has 0 radical (unpaired) electrons. The van der Waals surface area contributed by atoms with Gasteiger partial charge in [-0.3, -0.25) is 4.90 Å². The normalized spacial score (nSPS) is 16.7. The molecule has 1 saturated heterocycles. The monoisotopic (exact) mass is 290 g/mol. The fraction of sp³-hybridized carbons (Fsp3) is 0.588. The van der Waals surface area contributed by atoms with Gasteiger partial charge in [0.05, 0.1) is 6.61 Å². The first kappa shape index (κ1) is 15.8. The van der Waals surface area contributed by atoms with Crippen LogP contribution in [0, 0.1) is 5.92 Å². The minimum atomic E-state index is -0.204. The van der Waals surface area contributed by atoms with E-state index < -0.39 is 0 Å². The molecule has 1 aliphatic heterocycles. The van der Waals surface area contributed by atoms with E-state index in [4.69, 9.17) is 4.74 Å². The molecule has 0 spiro atoms. The molecule has 4 nitrogen and oxygen atoms in total. The third-order valence-corrected chi connectivity index (χ3v) is 4.18. The van der Waals surface area contributed by atoms with Gasteiger partial charge in [0.2, 0.25) is 0 Å². The van der Waals surface area contributed by atoms with Gasteiger partial charge in [-0.1, -0.05) is 30.3 Å². The Balaban J connectivity index is 1.67. The number of rotatable bonds is 5. The summed E-state index contributed by atoms with van der Waals surface area (Å²) in [5.74, 6) is 0.506. The van der Waals surface area contributed by atoms with Gasteiger partial charge < -0.3 is 9.64 Å². The first-order chi connectivity index (χ1) is 10.2. The molecule has 0 N–H and O–H groups in total. The van der Waals surface area contributed by atoms with E-state index in [9.17, 15) is 4.79 Å². The van der Waals surface area contributed by atoms with E-state index >= 15 is 0 Å². The molecule has 1 amide bonds. The van der Waals surface area contributed by atoms with Crippen LogP contribution in [0.5, 0.6) is 0 Å². The number of likely N-dealkylation sites (tertiary alicyclic amines) is 1. The summed E-state index contributed by atoms with van der Waals surface area (Å²) < 4.78 is 5.36. The van der Waals surface area contributed by atoms with Crippen LogP contribution in [0.1, 0.15) is 25.3 Å². The first-order valence-corrected chi connectivity index (χ1v) is 7.83. The topological polar surface area (TPSA) is 32.8 Å². The first-order valence-electron chi connectivity index (χ1n) is 7.83. The standard InChI is InChI=1S/C17H26N2O2/c1-3-18(2)17(20)21-14-16-9-11-19(12-10-16)13-15-7-5-4-6-8-15/h4-8,16H,3,9-14H2,1-2H3. The Morgan fingerprint density at radius 3 is 2.57 bits per heavy atom. The summed E-state index contributed by atoms with van der Waals surface area (Å²) in [6.45, 7) is 6.38. The molecule has 1 heterocycles. The second-order valence-corrected chi connectivity index (χ2v) is 5.80. The molecule has 0 unspecified atom stereocenters. The van der Waals surface area contributed by atoms with Gasteiger partial charge in [0, 0.05) is 20.1 Å². The number of benzene rings is 1. The maximum absolute atomic E-state index is 11.6. The summed E-state index contributed by atoms with van der Waals surface area (Å²) in [4.78, 5) is 15.7. The van der Waals surface area contributed by atoms with Crippen molar-refractivity contribution in [3.05, 3.63) is 35.9 Å². The van der Waals surface area contributed by atoms with Crippen molar-refractivity contribution in [2.75, 3.05) is 33.3 Å². The highest BCUT2D eigenvalue weighted by molar-refractivity contribution is 5.67. The van der Waals surface area contributed by atoms with Crippen molar-refractivity contribution in [1.82, 2.24) is 9.80 Å². The molecule has 1 aliphatic rings. The SMILES string of the molecule is CCN(C)C(=O)OCC1CCN(Cc2ccccc2)CC1. The van der Waals surface area contributed by atoms with Crippen molar-refractivity contribution in [1.29, 1.82) is 0 Å². The summed E-state index contributed by atoms with van der Waals surface area (Å²) in [7, 11) is 1.77. The predicted octanol–water partition coefficient (Wildman–Crippen LogP) is 2.99. The van der Waals surface area contributed by atoms with E-state index in [1.165, 1.54) is 5.56 Å². The smallest absolute Gasteiger partial charge is 0.409 e. The zero-order valence-electron chi connectivity index (χ0n) is 13.1. The molecule has 0 saturated carbocycles. The molecular weight excluding hydrogens is 264 g/mol. The number of carbonyl (C=O) groups excluding carboxylic acids is 1. The van der Waals surface area contributed by atoms with Gasteiger partial charge >= 0.3 is 6.09 Å². The summed E-state index contributed by atoms with van der Waals surface area (Å²) in [5, 5.41) is 0. The van der Waals surface area contributed by atoms with Crippen LogP contribution in [-0.4, -0.2) is 49.2 Å². The Bertz CT molecular complexity index is 428. The van der Waals surface area contributed by atoms with E-state index in [2.05, 4.69) is 35.2 Å². The Morgan fingerprint density at radius 1 is 1.29 bits per heavy atom. The molecule has 116 valence electrons. The molecule has 1 aromatic rings. The molecule has 2 rings (SSSR count). The van der Waals surface area contributed by atoms with Crippen LogP contribution in [-0.2, 0) is 11.3 Å². The quantitative estimate of drug-likeness (QED) is 0.836. The van der Waals surface area contributed by atoms with Crippen LogP contribution < -0.4 is 0 Å². The lowest BCUT2D eigenvalue weighted by Gasteiger charge is -2.31. The van der Waals surface area contributed by atoms with Gasteiger partial charge in [0.25, 0.3) is 0 Å². The van der Waals surface area contributed by atoms with Crippen molar-refractivity contribution < 1.29 is 9.53 Å². The molecule has 0 bridgehead atoms. The molecule has 21 heavy (non-hydrogen) atoms. The van der Waals surface area contributed by atoms with Crippen molar-refractivity contribution in [3.63, 3.8) is 0 Å². The minimum absolute atomic E-state index is 0.204. The number of carbonyl (C=O) groups is 1. The van der Waals surface area contributed by atoms with Gasteiger partial charge in [-0.05, 0) is 44.3 Å². The highest BCUT2D eigenvalue weighted by atomic mass is 16.6. The average Bonchev–Trinajstić information content (AvgIpc) is 2.54. The van der Waals surface area contributed by atoms with Gasteiger partial charge in [0.1, 0.15) is 0 Å². The maximum atomic E-state index is 11.6. The third kappa shape index (κ3) is 5.05. The highest BCUT2D eigenvalue weighted by Gasteiger charge is 2.21. The molecular formula is C17H26N2O2. The van der Waals surface area contributed by atoms with Gasteiger partial charge in [-0.2, -0.15) is 0 Å². The Morgan fingerprint density at radius 2 is 1.95 bits per heavy atom. The molecule has 1 fully saturated rings. The lowest BCUT2D eigenvalue weighted by molar-refractivity contribution is 0.0747. The number of amides is 1. The maximum Gasteiger partial charge on any atom is 0.409 e. The second kappa shape index (κ2) is 8.03. The Labute approximate surface area is 127 Å². The Kier molecular flexibility index (Phi) is 6.05. The summed E-state index contributed by atoms with van der Waals surface area (Å²) in [6.07, 6.45) is 2.01. The van der Waals surface area contributed by atoms with E-state index in [1.807, 2.05) is 6.92 Å². The number of ether oxygens (including phenoxy) is 1. The van der Waals surface area contributed by atoms with Gasteiger partial charge in [-0.15, -0.1) is 0 Å². The Hall–Kier alpha value is -1.55. The van der Waals surface area contributed by atoms with Crippen LogP contribution in [0.25, 0.3) is 0 Å². The number of hydrogen-bond acceptors (Lipinski definition) is 3. The van der Waals surface area contributed by atoms with Gasteiger partial charge in [-0.25, -0.2) is 4.79 Å². The third-order valence-electron chi connectivity index (χ3n) is 4.18. The van der Waals surface area contributed by atoms with Crippen molar-refractivity contribution in [2.45, 2.75) is 26.3 Å². The molecule has 0 aromatic heterocycles. The summed E-state index contributed by atoms with van der Waals surface area (Å²) >= 11 is 0. The number of piperidine rings is 1. The fourth-order valence-corrected chi connectivity index (χ4v) is 2.58. The largest absolute Gasteiger partial charge is 0.449 e.